The topological polar surface area (TPSA) is 164 Å². The normalized spacial score (nSPS) is 13.6. The highest BCUT2D eigenvalue weighted by Crippen LogP contribution is 2.45. The lowest BCUT2D eigenvalue weighted by Gasteiger charge is -2.28. The molecule has 0 fully saturated rings. The molecule has 7 aromatic carbocycles. The van der Waals surface area contributed by atoms with E-state index in [1.807, 2.05) is 53.0 Å². The van der Waals surface area contributed by atoms with E-state index in [4.69, 9.17) is 13.6 Å². The highest BCUT2D eigenvalue weighted by atomic mass is 32.2. The largest absolute Gasteiger partial charge is 0.495 e. The van der Waals surface area contributed by atoms with Gasteiger partial charge in [-0.25, -0.2) is 12.7 Å². The maximum atomic E-state index is 15.3. The third-order valence-electron chi connectivity index (χ3n) is 15.9. The van der Waals surface area contributed by atoms with E-state index < -0.39 is 91.6 Å². The van der Waals surface area contributed by atoms with Crippen LogP contribution in [-0.2, 0) is 75.4 Å². The molecular formula is C69H61F6N3O9S2. The Labute approximate surface area is 512 Å². The van der Waals surface area contributed by atoms with Crippen molar-refractivity contribution in [3.63, 3.8) is 0 Å². The average Bonchev–Trinajstić information content (AvgIpc) is 1.52. The first kappa shape index (κ1) is 63.2. The summed E-state index contributed by atoms with van der Waals surface area (Å²) in [5, 5.41) is 24.7. The molecule has 89 heavy (non-hydrogen) atoms. The van der Waals surface area contributed by atoms with Crippen molar-refractivity contribution in [2.45, 2.75) is 100 Å². The predicted molar refractivity (Wildman–Crippen MR) is 331 cm³/mol. The van der Waals surface area contributed by atoms with Crippen molar-refractivity contribution in [3.8, 4) is 28.0 Å². The van der Waals surface area contributed by atoms with Gasteiger partial charge in [0.1, 0.15) is 17.3 Å². The zero-order valence-electron chi connectivity index (χ0n) is 49.1. The summed E-state index contributed by atoms with van der Waals surface area (Å²) in [5.41, 5.74) is 1.77. The molecule has 0 aliphatic carbocycles. The maximum absolute atomic E-state index is 15.3. The maximum Gasteiger partial charge on any atom is 0.449 e. The Kier molecular flexibility index (Phi) is 17.7. The number of hydrogen-bond donors (Lipinski definition) is 2. The number of rotatable bonds is 21. The molecule has 0 aliphatic rings. The second-order valence-electron chi connectivity index (χ2n) is 22.4. The molecule has 2 unspecified atom stereocenters. The fourth-order valence-corrected chi connectivity index (χ4v) is 14.8. The number of ether oxygens (including phenoxy) is 1. The van der Waals surface area contributed by atoms with Crippen molar-refractivity contribution < 1.29 is 68.1 Å². The summed E-state index contributed by atoms with van der Waals surface area (Å²) in [6.45, 7) is 7.09. The minimum absolute atomic E-state index is 0.0474. The van der Waals surface area contributed by atoms with Crippen molar-refractivity contribution in [2.75, 3.05) is 7.11 Å². The van der Waals surface area contributed by atoms with Gasteiger partial charge in [0.2, 0.25) is 21.5 Å². The van der Waals surface area contributed by atoms with Crippen molar-refractivity contribution in [3.05, 3.63) is 239 Å². The first-order chi connectivity index (χ1) is 42.2. The number of hydrogen-bond acceptors (Lipinski definition) is 9. The molecule has 3 aromatic heterocycles. The fraction of sp³-hybridized carbons (Fsp3) is 0.217. The van der Waals surface area contributed by atoms with Crippen molar-refractivity contribution in [1.82, 2.24) is 13.6 Å². The van der Waals surface area contributed by atoms with Gasteiger partial charge in [-0.1, -0.05) is 150 Å². The minimum atomic E-state index is -5.15. The van der Waals surface area contributed by atoms with Crippen LogP contribution in [0.5, 0.6) is 5.75 Å². The number of methoxy groups -OCH3 is 1. The molecule has 10 aromatic rings. The van der Waals surface area contributed by atoms with E-state index in [-0.39, 0.29) is 35.9 Å². The Morgan fingerprint density at radius 2 is 1.25 bits per heavy atom. The van der Waals surface area contributed by atoms with Crippen molar-refractivity contribution in [2.24, 2.45) is 0 Å². The van der Waals surface area contributed by atoms with Gasteiger partial charge in [0.05, 0.1) is 46.3 Å². The Balaban J connectivity index is 0.957. The highest BCUT2D eigenvalue weighted by molar-refractivity contribution is 8.13. The second-order valence-corrected chi connectivity index (χ2v) is 26.3. The van der Waals surface area contributed by atoms with E-state index in [1.54, 1.807) is 142 Å². The van der Waals surface area contributed by atoms with Gasteiger partial charge >= 0.3 is 24.3 Å². The standard InChI is InChI=1S/C69H61F6N3O9S2/c1-7-88(61-58(85-6)32-30-49-16-12-34-76-60(49)61)77(41-55-31-33-59(86-55)68(70,71)72)39-44-21-26-47(27-22-44)51-15-11-18-54(36-51)67(5,65(81)82)38-52-37-56(87-63(52)69(73,74)75)42-78(89(83,84)62-43(2)20-25-48-13-8-9-19-57(48)62)40-45-23-28-46(29-24-45)50-14-10-17-53(35-50)66(3,4)64(79)80/h7-37H,38-42H2,1-6H3,(H,79,80)(H,81,82). The lowest BCUT2D eigenvalue weighted by Crippen LogP contribution is -2.35. The third-order valence-corrected chi connectivity index (χ3v) is 20.0. The summed E-state index contributed by atoms with van der Waals surface area (Å²) < 4.78 is 137. The number of fused-ring (bicyclic) bond motifs is 2. The fourth-order valence-electron chi connectivity index (χ4n) is 10.9. The van der Waals surface area contributed by atoms with Crippen molar-refractivity contribution in [1.29, 1.82) is 0 Å². The summed E-state index contributed by atoms with van der Waals surface area (Å²) in [7, 11) is -3.99. The first-order valence-corrected chi connectivity index (χ1v) is 30.8. The Hall–Kier alpha value is -8.82. The molecule has 12 nitrogen and oxygen atoms in total. The van der Waals surface area contributed by atoms with Crippen LogP contribution in [0.15, 0.2) is 201 Å². The summed E-state index contributed by atoms with van der Waals surface area (Å²) in [5.74, 6) is -4.88. The molecule has 2 atom stereocenters. The van der Waals surface area contributed by atoms with E-state index in [0.29, 0.717) is 65.9 Å². The number of carboxylic acid groups (broad SMARTS) is 2. The summed E-state index contributed by atoms with van der Waals surface area (Å²) in [6, 6.07) is 48.4. The monoisotopic (exact) mass is 1250 g/mol. The number of furan rings is 2. The Morgan fingerprint density at radius 3 is 1.85 bits per heavy atom. The molecule has 0 amide bonds. The van der Waals surface area contributed by atoms with Crippen LogP contribution >= 0.6 is 10.7 Å². The lowest BCUT2D eigenvalue weighted by atomic mass is 9.76. The minimum Gasteiger partial charge on any atom is -0.495 e. The van der Waals surface area contributed by atoms with Gasteiger partial charge in [0, 0.05) is 35.6 Å². The first-order valence-electron chi connectivity index (χ1n) is 28.1. The quantitative estimate of drug-likeness (QED) is 0.0520. The van der Waals surface area contributed by atoms with Crippen LogP contribution in [0.3, 0.4) is 0 Å². The van der Waals surface area contributed by atoms with E-state index in [9.17, 15) is 33.0 Å². The Morgan fingerprint density at radius 1 is 0.629 bits per heavy atom. The molecule has 3 heterocycles. The molecule has 20 heteroatoms. The van der Waals surface area contributed by atoms with E-state index >= 15 is 21.6 Å². The molecule has 460 valence electrons. The van der Waals surface area contributed by atoms with Crippen LogP contribution in [0, 0.1) is 6.92 Å². The van der Waals surface area contributed by atoms with Gasteiger partial charge in [0.15, 0.2) is 0 Å². The number of nitrogens with zero attached hydrogens (tertiary/aromatic N) is 3. The lowest BCUT2D eigenvalue weighted by molar-refractivity contribution is -0.155. The van der Waals surface area contributed by atoms with Crippen LogP contribution in [-0.4, -0.2) is 56.6 Å². The number of carbonyl (C=O) groups is 2. The number of aryl methyl sites for hydroxylation is 1. The zero-order chi connectivity index (χ0) is 63.8. The van der Waals surface area contributed by atoms with Gasteiger partial charge in [-0.05, 0) is 138 Å². The molecule has 0 saturated heterocycles. The molecule has 10 rings (SSSR count). The second kappa shape index (κ2) is 25.0. The molecule has 0 radical (unpaired) electrons. The van der Waals surface area contributed by atoms with Crippen molar-refractivity contribution >= 4 is 59.7 Å². The number of benzene rings is 7. The van der Waals surface area contributed by atoms with Gasteiger partial charge in [0.25, 0.3) is 0 Å². The van der Waals surface area contributed by atoms with Crippen LogP contribution in [0.4, 0.5) is 26.3 Å². The van der Waals surface area contributed by atoms with Crippen LogP contribution in [0.1, 0.15) is 84.1 Å². The zero-order valence-corrected chi connectivity index (χ0v) is 50.7. The molecule has 2 N–H and O–H groups in total. The molecule has 0 bridgehead atoms. The number of carboxylic acids is 2. The average molecular weight is 1250 g/mol. The van der Waals surface area contributed by atoms with Crippen LogP contribution in [0.2, 0.25) is 0 Å². The molecular weight excluding hydrogens is 1190 g/mol. The SMILES string of the molecule is C/C=S(\c1c(OC)ccc2cccnc12)N(Cc1ccc(-c2cccc(C(C)(Cc3cc(CN(Cc4ccc(-c5cccc(C(C)(C)C(=O)O)c5)cc4)S(=O)(=O)c4c(C)ccc5ccccc45)oc3C(F)(F)F)C(=O)O)c2)cc1)Cc1ccc(C(F)(F)F)o1. The van der Waals surface area contributed by atoms with Gasteiger partial charge in [-0.15, -0.1) is 0 Å². The molecule has 0 spiro atoms. The van der Waals surface area contributed by atoms with Gasteiger partial charge in [-0.2, -0.15) is 30.6 Å². The van der Waals surface area contributed by atoms with Gasteiger partial charge < -0.3 is 23.8 Å². The molecule has 0 saturated carbocycles. The summed E-state index contributed by atoms with van der Waals surface area (Å²) in [6.07, 6.45) is -8.93. The predicted octanol–water partition coefficient (Wildman–Crippen LogP) is 16.7. The number of sulfonamides is 1. The summed E-state index contributed by atoms with van der Waals surface area (Å²) >= 11 is 0. The van der Waals surface area contributed by atoms with Gasteiger partial charge in [-0.3, -0.25) is 14.6 Å². The van der Waals surface area contributed by atoms with Crippen LogP contribution < -0.4 is 4.74 Å². The summed E-state index contributed by atoms with van der Waals surface area (Å²) in [4.78, 5) is 31.0. The number of alkyl halides is 6. The van der Waals surface area contributed by atoms with Crippen LogP contribution in [0.25, 0.3) is 43.9 Å². The number of aromatic nitrogens is 1. The van der Waals surface area contributed by atoms with E-state index in [0.717, 1.165) is 27.4 Å². The highest BCUT2D eigenvalue weighted by Gasteiger charge is 2.44. The molecule has 0 aliphatic heterocycles. The Bertz CT molecular complexity index is 4440. The third kappa shape index (κ3) is 13.2. The number of aliphatic carboxylic acids is 2. The van der Waals surface area contributed by atoms with E-state index in [1.165, 1.54) is 26.2 Å². The van der Waals surface area contributed by atoms with E-state index in [2.05, 4.69) is 4.98 Å². The smallest absolute Gasteiger partial charge is 0.449 e. The number of halogens is 6. The number of pyridine rings is 1.